The van der Waals surface area contributed by atoms with Crippen molar-refractivity contribution in [2.45, 2.75) is 12.8 Å². The maximum Gasteiger partial charge on any atom is 0.200 e. The maximum atomic E-state index is 5.66. The number of rotatable bonds is 3. The fourth-order valence-electron chi connectivity index (χ4n) is 1.61. The minimum absolute atomic E-state index is 0.582. The Hall–Kier alpha value is -1.77. The van der Waals surface area contributed by atoms with Gasteiger partial charge >= 0.3 is 0 Å². The molecule has 15 heavy (non-hydrogen) atoms. The van der Waals surface area contributed by atoms with Gasteiger partial charge in [-0.05, 0) is 18.4 Å². The SMILES string of the molecule is Cn1c(CCc2ccccc2)cnc1N. The van der Waals surface area contributed by atoms with Gasteiger partial charge in [-0.25, -0.2) is 4.98 Å². The minimum Gasteiger partial charge on any atom is -0.369 e. The molecular formula is C12H15N3. The number of aromatic nitrogens is 2. The summed E-state index contributed by atoms with van der Waals surface area (Å²) in [6.07, 6.45) is 3.85. The lowest BCUT2D eigenvalue weighted by Crippen LogP contribution is -2.02. The molecule has 2 rings (SSSR count). The van der Waals surface area contributed by atoms with Crippen LogP contribution in [0.25, 0.3) is 0 Å². The Kier molecular flexibility index (Phi) is 2.72. The Labute approximate surface area is 89.6 Å². The van der Waals surface area contributed by atoms with Crippen LogP contribution >= 0.6 is 0 Å². The summed E-state index contributed by atoms with van der Waals surface area (Å²) >= 11 is 0. The van der Waals surface area contributed by atoms with Gasteiger partial charge in [0.2, 0.25) is 0 Å². The second-order valence-electron chi connectivity index (χ2n) is 3.65. The predicted molar refractivity (Wildman–Crippen MR) is 61.5 cm³/mol. The van der Waals surface area contributed by atoms with Crippen LogP contribution in [0.1, 0.15) is 11.3 Å². The normalized spacial score (nSPS) is 10.5. The van der Waals surface area contributed by atoms with E-state index in [0.29, 0.717) is 5.95 Å². The molecular weight excluding hydrogens is 186 g/mol. The van der Waals surface area contributed by atoms with Gasteiger partial charge in [0, 0.05) is 12.7 Å². The van der Waals surface area contributed by atoms with Crippen LogP contribution in [0.3, 0.4) is 0 Å². The van der Waals surface area contributed by atoms with Gasteiger partial charge < -0.3 is 10.3 Å². The van der Waals surface area contributed by atoms with Crippen molar-refractivity contribution in [2.24, 2.45) is 7.05 Å². The lowest BCUT2D eigenvalue weighted by molar-refractivity contribution is 0.807. The van der Waals surface area contributed by atoms with Gasteiger partial charge in [0.25, 0.3) is 0 Å². The highest BCUT2D eigenvalue weighted by Gasteiger charge is 2.02. The maximum absolute atomic E-state index is 5.66. The molecule has 0 bridgehead atoms. The van der Waals surface area contributed by atoms with Crippen LogP contribution in [0, 0.1) is 0 Å². The van der Waals surface area contributed by atoms with Gasteiger partial charge in [0.05, 0.1) is 6.20 Å². The zero-order valence-corrected chi connectivity index (χ0v) is 8.85. The first-order valence-corrected chi connectivity index (χ1v) is 5.07. The monoisotopic (exact) mass is 201 g/mol. The van der Waals surface area contributed by atoms with E-state index in [4.69, 9.17) is 5.73 Å². The van der Waals surface area contributed by atoms with Crippen molar-refractivity contribution in [3.8, 4) is 0 Å². The van der Waals surface area contributed by atoms with E-state index in [1.165, 1.54) is 11.3 Å². The van der Waals surface area contributed by atoms with Crippen molar-refractivity contribution in [3.05, 3.63) is 47.8 Å². The first-order valence-electron chi connectivity index (χ1n) is 5.07. The Balaban J connectivity index is 2.02. The van der Waals surface area contributed by atoms with Crippen molar-refractivity contribution in [1.29, 1.82) is 0 Å². The summed E-state index contributed by atoms with van der Waals surface area (Å²) in [7, 11) is 1.95. The van der Waals surface area contributed by atoms with E-state index in [9.17, 15) is 0 Å². The van der Waals surface area contributed by atoms with Crippen LogP contribution < -0.4 is 5.73 Å². The second kappa shape index (κ2) is 4.17. The molecule has 3 heteroatoms. The Morgan fingerprint density at radius 1 is 1.20 bits per heavy atom. The zero-order valence-electron chi connectivity index (χ0n) is 8.85. The molecule has 0 radical (unpaired) electrons. The van der Waals surface area contributed by atoms with Crippen LogP contribution in [0.15, 0.2) is 36.5 Å². The van der Waals surface area contributed by atoms with Crippen LogP contribution in [-0.4, -0.2) is 9.55 Å². The average Bonchev–Trinajstić information content (AvgIpc) is 2.59. The zero-order chi connectivity index (χ0) is 10.7. The number of aryl methyl sites for hydroxylation is 2. The van der Waals surface area contributed by atoms with Crippen LogP contribution in [-0.2, 0) is 19.9 Å². The first-order chi connectivity index (χ1) is 7.27. The van der Waals surface area contributed by atoms with E-state index < -0.39 is 0 Å². The lowest BCUT2D eigenvalue weighted by Gasteiger charge is -2.03. The Morgan fingerprint density at radius 3 is 2.53 bits per heavy atom. The number of nitrogen functional groups attached to an aromatic ring is 1. The molecule has 0 saturated heterocycles. The molecule has 0 atom stereocenters. The third-order valence-corrected chi connectivity index (χ3v) is 2.63. The average molecular weight is 201 g/mol. The summed E-state index contributed by atoms with van der Waals surface area (Å²) in [5.41, 5.74) is 8.18. The molecule has 1 heterocycles. The minimum atomic E-state index is 0.582. The highest BCUT2D eigenvalue weighted by molar-refractivity contribution is 5.23. The highest BCUT2D eigenvalue weighted by atomic mass is 15.1. The Morgan fingerprint density at radius 2 is 1.93 bits per heavy atom. The lowest BCUT2D eigenvalue weighted by atomic mass is 10.1. The van der Waals surface area contributed by atoms with E-state index >= 15 is 0 Å². The summed E-state index contributed by atoms with van der Waals surface area (Å²) in [6, 6.07) is 10.4. The van der Waals surface area contributed by atoms with Crippen LogP contribution in [0.5, 0.6) is 0 Å². The number of imidazole rings is 1. The van der Waals surface area contributed by atoms with E-state index in [1.54, 1.807) is 0 Å². The number of benzene rings is 1. The molecule has 3 nitrogen and oxygen atoms in total. The topological polar surface area (TPSA) is 43.8 Å². The van der Waals surface area contributed by atoms with Crippen LogP contribution in [0.2, 0.25) is 0 Å². The van der Waals surface area contributed by atoms with Crippen molar-refractivity contribution < 1.29 is 0 Å². The summed E-state index contributed by atoms with van der Waals surface area (Å²) in [4.78, 5) is 4.07. The summed E-state index contributed by atoms with van der Waals surface area (Å²) < 4.78 is 1.93. The first kappa shape index (κ1) is 9.77. The molecule has 0 unspecified atom stereocenters. The quantitative estimate of drug-likeness (QED) is 0.822. The van der Waals surface area contributed by atoms with Gasteiger partial charge in [-0.1, -0.05) is 30.3 Å². The predicted octanol–water partition coefficient (Wildman–Crippen LogP) is 1.79. The van der Waals surface area contributed by atoms with Crippen molar-refractivity contribution in [2.75, 3.05) is 5.73 Å². The molecule has 2 N–H and O–H groups in total. The van der Waals surface area contributed by atoms with Crippen molar-refractivity contribution in [1.82, 2.24) is 9.55 Å². The molecule has 0 spiro atoms. The number of hydrogen-bond donors (Lipinski definition) is 1. The molecule has 0 amide bonds. The van der Waals surface area contributed by atoms with E-state index in [0.717, 1.165) is 12.8 Å². The standard InChI is InChI=1S/C12H15N3/c1-15-11(9-14-12(15)13)8-7-10-5-3-2-4-6-10/h2-6,9H,7-8H2,1H3,(H2,13,14). The van der Waals surface area contributed by atoms with Gasteiger partial charge in [0.1, 0.15) is 0 Å². The van der Waals surface area contributed by atoms with Gasteiger partial charge in [-0.3, -0.25) is 0 Å². The molecule has 0 aliphatic carbocycles. The second-order valence-corrected chi connectivity index (χ2v) is 3.65. The molecule has 0 saturated carbocycles. The summed E-state index contributed by atoms with van der Waals surface area (Å²) in [6.45, 7) is 0. The molecule has 0 fully saturated rings. The van der Waals surface area contributed by atoms with E-state index in [-0.39, 0.29) is 0 Å². The fraction of sp³-hybridized carbons (Fsp3) is 0.250. The number of nitrogens with zero attached hydrogens (tertiary/aromatic N) is 2. The summed E-state index contributed by atoms with van der Waals surface area (Å²) in [5, 5.41) is 0. The number of hydrogen-bond acceptors (Lipinski definition) is 2. The van der Waals surface area contributed by atoms with Crippen molar-refractivity contribution >= 4 is 5.95 Å². The largest absolute Gasteiger partial charge is 0.369 e. The third-order valence-electron chi connectivity index (χ3n) is 2.63. The van der Waals surface area contributed by atoms with E-state index in [1.807, 2.05) is 23.9 Å². The molecule has 2 aromatic rings. The van der Waals surface area contributed by atoms with Crippen LogP contribution in [0.4, 0.5) is 5.95 Å². The smallest absolute Gasteiger partial charge is 0.200 e. The van der Waals surface area contributed by atoms with Crippen molar-refractivity contribution in [3.63, 3.8) is 0 Å². The van der Waals surface area contributed by atoms with E-state index in [2.05, 4.69) is 29.2 Å². The molecule has 1 aromatic heterocycles. The highest BCUT2D eigenvalue weighted by Crippen LogP contribution is 2.09. The third kappa shape index (κ3) is 2.18. The van der Waals surface area contributed by atoms with Gasteiger partial charge in [-0.15, -0.1) is 0 Å². The van der Waals surface area contributed by atoms with Gasteiger partial charge in [-0.2, -0.15) is 0 Å². The molecule has 78 valence electrons. The number of anilines is 1. The Bertz CT molecular complexity index is 431. The molecule has 0 aliphatic heterocycles. The summed E-state index contributed by atoms with van der Waals surface area (Å²) in [5.74, 6) is 0.582. The fourth-order valence-corrected chi connectivity index (χ4v) is 1.61. The molecule has 0 aliphatic rings. The van der Waals surface area contributed by atoms with Gasteiger partial charge in [0.15, 0.2) is 5.95 Å². The molecule has 1 aromatic carbocycles. The number of nitrogens with two attached hydrogens (primary N) is 1.